The number of carbonyl (C=O) groups is 1. The van der Waals surface area contributed by atoms with E-state index in [-0.39, 0.29) is 6.04 Å². The summed E-state index contributed by atoms with van der Waals surface area (Å²) in [6, 6.07) is 6.31. The maximum Gasteiger partial charge on any atom is 0.312 e. The minimum atomic E-state index is -0.432. The minimum Gasteiger partial charge on any atom is -0.372 e. The molecule has 2 aliphatic rings. The highest BCUT2D eigenvalue weighted by Crippen LogP contribution is 2.34. The number of amides is 2. The lowest BCUT2D eigenvalue weighted by Gasteiger charge is -2.29. The molecule has 4 heteroatoms. The lowest BCUT2D eigenvalue weighted by molar-refractivity contribution is 0.245. The van der Waals surface area contributed by atoms with Crippen molar-refractivity contribution in [2.24, 2.45) is 5.73 Å². The molecule has 4 nitrogen and oxygen atoms in total. The summed E-state index contributed by atoms with van der Waals surface area (Å²) < 4.78 is 0. The Balaban J connectivity index is 1.79. The van der Waals surface area contributed by atoms with Gasteiger partial charge >= 0.3 is 6.03 Å². The molecule has 2 amide bonds. The lowest BCUT2D eigenvalue weighted by Crippen LogP contribution is -2.32. The monoisotopic (exact) mass is 259 g/mol. The van der Waals surface area contributed by atoms with Crippen molar-refractivity contribution in [3.05, 3.63) is 29.3 Å². The van der Waals surface area contributed by atoms with Crippen LogP contribution in [0.3, 0.4) is 0 Å². The van der Waals surface area contributed by atoms with Crippen LogP contribution in [0, 0.1) is 0 Å². The third-order valence-electron chi connectivity index (χ3n) is 4.24. The Morgan fingerprint density at radius 3 is 2.79 bits per heavy atom. The van der Waals surface area contributed by atoms with Crippen LogP contribution in [0.2, 0.25) is 0 Å². The molecular weight excluding hydrogens is 238 g/mol. The first kappa shape index (κ1) is 12.3. The summed E-state index contributed by atoms with van der Waals surface area (Å²) in [6.45, 7) is 2.34. The summed E-state index contributed by atoms with van der Waals surface area (Å²) in [5.74, 6) is 0. The molecule has 0 aromatic heterocycles. The van der Waals surface area contributed by atoms with Crippen molar-refractivity contribution >= 4 is 11.7 Å². The number of piperidine rings is 1. The van der Waals surface area contributed by atoms with Crippen LogP contribution in [0.4, 0.5) is 10.5 Å². The van der Waals surface area contributed by atoms with Gasteiger partial charge in [0.2, 0.25) is 0 Å². The fourth-order valence-corrected chi connectivity index (χ4v) is 3.27. The largest absolute Gasteiger partial charge is 0.372 e. The molecule has 0 spiro atoms. The topological polar surface area (TPSA) is 58.4 Å². The number of nitrogens with one attached hydrogen (secondary N) is 1. The fourth-order valence-electron chi connectivity index (χ4n) is 3.27. The van der Waals surface area contributed by atoms with Gasteiger partial charge in [0.05, 0.1) is 6.04 Å². The second-order valence-corrected chi connectivity index (χ2v) is 5.53. The number of hydrogen-bond donors (Lipinski definition) is 2. The third kappa shape index (κ3) is 2.53. The number of aryl methyl sites for hydroxylation is 1. The van der Waals surface area contributed by atoms with Gasteiger partial charge in [-0.3, -0.25) is 0 Å². The highest BCUT2D eigenvalue weighted by molar-refractivity contribution is 5.72. The molecular formula is C15H21N3O. The number of urea groups is 1. The van der Waals surface area contributed by atoms with Crippen LogP contribution >= 0.6 is 0 Å². The average molecular weight is 259 g/mol. The van der Waals surface area contributed by atoms with E-state index in [1.165, 1.54) is 49.2 Å². The Morgan fingerprint density at radius 2 is 2.05 bits per heavy atom. The summed E-state index contributed by atoms with van der Waals surface area (Å²) in [5, 5.41) is 2.82. The van der Waals surface area contributed by atoms with Crippen molar-refractivity contribution in [3.8, 4) is 0 Å². The molecule has 1 atom stereocenters. The van der Waals surface area contributed by atoms with E-state index >= 15 is 0 Å². The van der Waals surface area contributed by atoms with Crippen LogP contribution in [-0.2, 0) is 6.42 Å². The predicted molar refractivity (Wildman–Crippen MR) is 76.3 cm³/mol. The first-order valence-corrected chi connectivity index (χ1v) is 7.18. The summed E-state index contributed by atoms with van der Waals surface area (Å²) in [6.07, 6.45) is 5.93. The molecule has 3 N–H and O–H groups in total. The first-order valence-electron chi connectivity index (χ1n) is 7.18. The smallest absolute Gasteiger partial charge is 0.312 e. The van der Waals surface area contributed by atoms with Crippen molar-refractivity contribution in [3.63, 3.8) is 0 Å². The molecule has 0 bridgehead atoms. The van der Waals surface area contributed by atoms with E-state index in [0.29, 0.717) is 0 Å². The van der Waals surface area contributed by atoms with Crippen molar-refractivity contribution in [1.29, 1.82) is 0 Å². The number of anilines is 1. The standard InChI is InChI=1S/C15H21N3O/c16-15(19)17-14-7-4-11-10-12(5-6-13(11)14)18-8-2-1-3-9-18/h5-6,10,14H,1-4,7-9H2,(H3,16,17,19)/t14-/m0/s1. The summed E-state index contributed by atoms with van der Waals surface area (Å²) in [7, 11) is 0. The number of fused-ring (bicyclic) bond motifs is 1. The molecule has 1 aromatic rings. The Morgan fingerprint density at radius 1 is 1.26 bits per heavy atom. The van der Waals surface area contributed by atoms with Crippen LogP contribution in [0.25, 0.3) is 0 Å². The maximum atomic E-state index is 11.0. The highest BCUT2D eigenvalue weighted by atomic mass is 16.2. The molecule has 3 rings (SSSR count). The van der Waals surface area contributed by atoms with E-state index in [9.17, 15) is 4.79 Å². The zero-order valence-electron chi connectivity index (χ0n) is 11.2. The molecule has 1 aliphatic heterocycles. The number of primary amides is 1. The van der Waals surface area contributed by atoms with E-state index in [1.54, 1.807) is 0 Å². The molecule has 0 saturated carbocycles. The zero-order chi connectivity index (χ0) is 13.2. The molecule has 1 aromatic carbocycles. The lowest BCUT2D eigenvalue weighted by atomic mass is 10.1. The van der Waals surface area contributed by atoms with E-state index < -0.39 is 6.03 Å². The second-order valence-electron chi connectivity index (χ2n) is 5.53. The van der Waals surface area contributed by atoms with Crippen molar-refractivity contribution in [1.82, 2.24) is 5.32 Å². The van der Waals surface area contributed by atoms with Gasteiger partial charge in [-0.2, -0.15) is 0 Å². The van der Waals surface area contributed by atoms with Gasteiger partial charge in [0, 0.05) is 18.8 Å². The van der Waals surface area contributed by atoms with Gasteiger partial charge in [-0.25, -0.2) is 4.79 Å². The molecule has 19 heavy (non-hydrogen) atoms. The van der Waals surface area contributed by atoms with Gasteiger partial charge < -0.3 is 16.0 Å². The van der Waals surface area contributed by atoms with Crippen LogP contribution in [-0.4, -0.2) is 19.1 Å². The maximum absolute atomic E-state index is 11.0. The Labute approximate surface area is 114 Å². The summed E-state index contributed by atoms with van der Waals surface area (Å²) in [4.78, 5) is 13.5. The number of carbonyl (C=O) groups excluding carboxylic acids is 1. The quantitative estimate of drug-likeness (QED) is 0.856. The van der Waals surface area contributed by atoms with Gasteiger partial charge in [0.15, 0.2) is 0 Å². The Hall–Kier alpha value is -1.71. The Bertz CT molecular complexity index is 480. The molecule has 1 heterocycles. The SMILES string of the molecule is NC(=O)N[C@H]1CCc2cc(N3CCCCC3)ccc21. The minimum absolute atomic E-state index is 0.0999. The van der Waals surface area contributed by atoms with Crippen molar-refractivity contribution in [2.45, 2.75) is 38.1 Å². The first-order chi connectivity index (χ1) is 9.24. The molecule has 0 radical (unpaired) electrons. The van der Waals surface area contributed by atoms with Crippen LogP contribution in [0.5, 0.6) is 0 Å². The van der Waals surface area contributed by atoms with E-state index in [1.807, 2.05) is 0 Å². The van der Waals surface area contributed by atoms with Gasteiger partial charge in [-0.15, -0.1) is 0 Å². The number of hydrogen-bond acceptors (Lipinski definition) is 2. The van der Waals surface area contributed by atoms with Gasteiger partial charge in [0.1, 0.15) is 0 Å². The number of nitrogens with two attached hydrogens (primary N) is 1. The van der Waals surface area contributed by atoms with Crippen LogP contribution < -0.4 is 16.0 Å². The molecule has 1 saturated heterocycles. The summed E-state index contributed by atoms with van der Waals surface area (Å²) >= 11 is 0. The zero-order valence-corrected chi connectivity index (χ0v) is 11.2. The number of benzene rings is 1. The Kier molecular flexibility index (Phi) is 3.32. The molecule has 0 unspecified atom stereocenters. The van der Waals surface area contributed by atoms with E-state index in [2.05, 4.69) is 28.4 Å². The second kappa shape index (κ2) is 5.11. The summed E-state index contributed by atoms with van der Waals surface area (Å²) in [5.41, 5.74) is 9.15. The fraction of sp³-hybridized carbons (Fsp3) is 0.533. The number of rotatable bonds is 2. The number of nitrogens with zero attached hydrogens (tertiary/aromatic N) is 1. The highest BCUT2D eigenvalue weighted by Gasteiger charge is 2.24. The van der Waals surface area contributed by atoms with Crippen LogP contribution in [0.1, 0.15) is 42.9 Å². The predicted octanol–water partition coefficient (Wildman–Crippen LogP) is 2.33. The van der Waals surface area contributed by atoms with E-state index in [0.717, 1.165) is 12.8 Å². The van der Waals surface area contributed by atoms with Crippen molar-refractivity contribution in [2.75, 3.05) is 18.0 Å². The van der Waals surface area contributed by atoms with Gasteiger partial charge in [0.25, 0.3) is 0 Å². The van der Waals surface area contributed by atoms with Gasteiger partial charge in [-0.1, -0.05) is 6.07 Å². The average Bonchev–Trinajstić information content (AvgIpc) is 2.81. The molecule has 1 aliphatic carbocycles. The van der Waals surface area contributed by atoms with Crippen LogP contribution in [0.15, 0.2) is 18.2 Å². The van der Waals surface area contributed by atoms with Crippen molar-refractivity contribution < 1.29 is 4.79 Å². The molecule has 1 fully saturated rings. The third-order valence-corrected chi connectivity index (χ3v) is 4.24. The van der Waals surface area contributed by atoms with E-state index in [4.69, 9.17) is 5.73 Å². The van der Waals surface area contributed by atoms with Gasteiger partial charge in [-0.05, 0) is 55.4 Å². The normalized spacial score (nSPS) is 22.1. The molecule has 102 valence electrons.